The Morgan fingerprint density at radius 3 is 2.33 bits per heavy atom. The van der Waals surface area contributed by atoms with Crippen molar-refractivity contribution in [3.63, 3.8) is 0 Å². The third kappa shape index (κ3) is 4.80. The van der Waals surface area contributed by atoms with Crippen LogP contribution in [0, 0.1) is 0 Å². The van der Waals surface area contributed by atoms with Gasteiger partial charge in [0.15, 0.2) is 0 Å². The van der Waals surface area contributed by atoms with Crippen LogP contribution in [0.15, 0.2) is 48.5 Å². The molecular weight excluding hydrogens is 262 g/mol. The van der Waals surface area contributed by atoms with E-state index in [4.69, 9.17) is 15.2 Å². The van der Waals surface area contributed by atoms with E-state index in [0.717, 1.165) is 29.9 Å². The molecule has 0 aromatic heterocycles. The predicted molar refractivity (Wildman–Crippen MR) is 86.0 cm³/mol. The van der Waals surface area contributed by atoms with Crippen LogP contribution < -0.4 is 15.2 Å². The molecule has 0 bridgehead atoms. The number of para-hydroxylation sites is 1. The van der Waals surface area contributed by atoms with Crippen LogP contribution in [0.25, 0.3) is 0 Å². The Bertz CT molecular complexity index is 537. The van der Waals surface area contributed by atoms with Crippen molar-refractivity contribution in [3.05, 3.63) is 59.7 Å². The van der Waals surface area contributed by atoms with Crippen LogP contribution in [0.2, 0.25) is 0 Å². The Kier molecular flexibility index (Phi) is 6.10. The van der Waals surface area contributed by atoms with E-state index in [1.807, 2.05) is 36.4 Å². The van der Waals surface area contributed by atoms with Gasteiger partial charge in [0.25, 0.3) is 0 Å². The molecule has 0 fully saturated rings. The molecule has 2 aromatic carbocycles. The van der Waals surface area contributed by atoms with Gasteiger partial charge < -0.3 is 15.2 Å². The lowest BCUT2D eigenvalue weighted by molar-refractivity contribution is 0.216. The van der Waals surface area contributed by atoms with E-state index >= 15 is 0 Å². The molecule has 0 unspecified atom stereocenters. The van der Waals surface area contributed by atoms with Crippen LogP contribution in [-0.2, 0) is 12.8 Å². The molecule has 0 atom stereocenters. The summed E-state index contributed by atoms with van der Waals surface area (Å²) >= 11 is 0. The summed E-state index contributed by atoms with van der Waals surface area (Å²) in [5.74, 6) is 1.78. The van der Waals surface area contributed by atoms with Crippen LogP contribution in [0.5, 0.6) is 11.5 Å². The molecule has 0 aliphatic rings. The van der Waals surface area contributed by atoms with Crippen molar-refractivity contribution >= 4 is 0 Å². The molecular formula is C18H23NO2. The summed E-state index contributed by atoms with van der Waals surface area (Å²) in [6.45, 7) is 3.82. The monoisotopic (exact) mass is 285 g/mol. The molecule has 0 radical (unpaired) electrons. The first kappa shape index (κ1) is 15.4. The van der Waals surface area contributed by atoms with Crippen molar-refractivity contribution in [2.45, 2.75) is 19.8 Å². The Balaban J connectivity index is 1.79. The number of aryl methyl sites for hydroxylation is 1. The molecule has 0 saturated heterocycles. The molecule has 112 valence electrons. The summed E-state index contributed by atoms with van der Waals surface area (Å²) in [6, 6.07) is 16.2. The summed E-state index contributed by atoms with van der Waals surface area (Å²) in [7, 11) is 0. The molecule has 0 aliphatic carbocycles. The highest BCUT2D eigenvalue weighted by Gasteiger charge is 2.02. The molecule has 3 heteroatoms. The largest absolute Gasteiger partial charge is 0.490 e. The molecule has 0 saturated carbocycles. The van der Waals surface area contributed by atoms with E-state index in [9.17, 15) is 0 Å². The highest BCUT2D eigenvalue weighted by atomic mass is 16.5. The van der Waals surface area contributed by atoms with Crippen molar-refractivity contribution in [1.29, 1.82) is 0 Å². The van der Waals surface area contributed by atoms with Crippen molar-refractivity contribution in [2.75, 3.05) is 19.8 Å². The van der Waals surface area contributed by atoms with E-state index in [2.05, 4.69) is 19.1 Å². The molecule has 2 N–H and O–H groups in total. The normalized spacial score (nSPS) is 10.4. The summed E-state index contributed by atoms with van der Waals surface area (Å²) in [5, 5.41) is 0. The van der Waals surface area contributed by atoms with Crippen LogP contribution >= 0.6 is 0 Å². The number of benzene rings is 2. The molecule has 21 heavy (non-hydrogen) atoms. The quantitative estimate of drug-likeness (QED) is 0.757. The van der Waals surface area contributed by atoms with E-state index in [1.165, 1.54) is 5.56 Å². The van der Waals surface area contributed by atoms with Crippen molar-refractivity contribution < 1.29 is 9.47 Å². The van der Waals surface area contributed by atoms with Gasteiger partial charge in [-0.1, -0.05) is 37.3 Å². The predicted octanol–water partition coefficient (Wildman–Crippen LogP) is 3.21. The van der Waals surface area contributed by atoms with Gasteiger partial charge in [-0.3, -0.25) is 0 Å². The molecule has 2 rings (SSSR count). The molecule has 3 nitrogen and oxygen atoms in total. The third-order valence-electron chi connectivity index (χ3n) is 3.33. The Labute approximate surface area is 126 Å². The maximum absolute atomic E-state index is 5.78. The molecule has 0 aliphatic heterocycles. The number of nitrogens with two attached hydrogens (primary N) is 1. The lowest BCUT2D eigenvalue weighted by atomic mass is 10.1. The van der Waals surface area contributed by atoms with Gasteiger partial charge in [0.05, 0.1) is 0 Å². The maximum atomic E-state index is 5.78. The first-order valence-electron chi connectivity index (χ1n) is 7.46. The Hall–Kier alpha value is -2.00. The van der Waals surface area contributed by atoms with E-state index < -0.39 is 0 Å². The summed E-state index contributed by atoms with van der Waals surface area (Å²) < 4.78 is 11.5. The lowest BCUT2D eigenvalue weighted by Crippen LogP contribution is -2.11. The minimum atomic E-state index is 0.525. The second-order valence-corrected chi connectivity index (χ2v) is 4.84. The second kappa shape index (κ2) is 8.32. The fourth-order valence-corrected chi connectivity index (χ4v) is 2.14. The van der Waals surface area contributed by atoms with Gasteiger partial charge in [0.2, 0.25) is 0 Å². The molecule has 0 spiro atoms. The lowest BCUT2D eigenvalue weighted by Gasteiger charge is -2.12. The van der Waals surface area contributed by atoms with Gasteiger partial charge >= 0.3 is 0 Å². The fourth-order valence-electron chi connectivity index (χ4n) is 2.14. The van der Waals surface area contributed by atoms with E-state index in [-0.39, 0.29) is 0 Å². The summed E-state index contributed by atoms with van der Waals surface area (Å²) in [6.07, 6.45) is 1.87. The fraction of sp³-hybridized carbons (Fsp3) is 0.333. The summed E-state index contributed by atoms with van der Waals surface area (Å²) in [5.41, 5.74) is 8.06. The Morgan fingerprint density at radius 1 is 0.905 bits per heavy atom. The highest BCUT2D eigenvalue weighted by Crippen LogP contribution is 2.18. The van der Waals surface area contributed by atoms with Gasteiger partial charge in [-0.15, -0.1) is 0 Å². The zero-order valence-corrected chi connectivity index (χ0v) is 12.5. The van der Waals surface area contributed by atoms with Gasteiger partial charge in [-0.25, -0.2) is 0 Å². The van der Waals surface area contributed by atoms with E-state index in [0.29, 0.717) is 19.8 Å². The van der Waals surface area contributed by atoms with Gasteiger partial charge in [-0.05, 0) is 48.7 Å². The number of hydrogen-bond donors (Lipinski definition) is 1. The Morgan fingerprint density at radius 2 is 1.62 bits per heavy atom. The SMILES string of the molecule is CCc1ccc(OCCOc2ccccc2CCN)cc1. The van der Waals surface area contributed by atoms with Crippen LogP contribution in [-0.4, -0.2) is 19.8 Å². The number of ether oxygens (including phenoxy) is 2. The van der Waals surface area contributed by atoms with Crippen LogP contribution in [0.1, 0.15) is 18.1 Å². The average Bonchev–Trinajstić information content (AvgIpc) is 2.54. The first-order valence-corrected chi connectivity index (χ1v) is 7.46. The van der Waals surface area contributed by atoms with Crippen LogP contribution in [0.4, 0.5) is 0 Å². The van der Waals surface area contributed by atoms with Crippen molar-refractivity contribution in [2.24, 2.45) is 5.73 Å². The summed E-state index contributed by atoms with van der Waals surface area (Å²) in [4.78, 5) is 0. The van der Waals surface area contributed by atoms with Crippen LogP contribution in [0.3, 0.4) is 0 Å². The second-order valence-electron chi connectivity index (χ2n) is 4.84. The zero-order valence-electron chi connectivity index (χ0n) is 12.5. The molecule has 0 heterocycles. The maximum Gasteiger partial charge on any atom is 0.122 e. The highest BCUT2D eigenvalue weighted by molar-refractivity contribution is 5.33. The zero-order chi connectivity index (χ0) is 14.9. The topological polar surface area (TPSA) is 44.5 Å². The third-order valence-corrected chi connectivity index (χ3v) is 3.33. The standard InChI is InChI=1S/C18H23NO2/c1-2-15-7-9-17(10-8-15)20-13-14-21-18-6-4-3-5-16(18)11-12-19/h3-10H,2,11-14,19H2,1H3. The van der Waals surface area contributed by atoms with Crippen molar-refractivity contribution in [3.8, 4) is 11.5 Å². The molecule has 0 amide bonds. The van der Waals surface area contributed by atoms with Gasteiger partial charge in [0, 0.05) is 0 Å². The van der Waals surface area contributed by atoms with E-state index in [1.54, 1.807) is 0 Å². The minimum Gasteiger partial charge on any atom is -0.490 e. The first-order chi connectivity index (χ1) is 10.3. The average molecular weight is 285 g/mol. The number of hydrogen-bond acceptors (Lipinski definition) is 3. The van der Waals surface area contributed by atoms with Gasteiger partial charge in [-0.2, -0.15) is 0 Å². The smallest absolute Gasteiger partial charge is 0.122 e. The molecule has 2 aromatic rings. The number of rotatable bonds is 8. The van der Waals surface area contributed by atoms with Crippen molar-refractivity contribution in [1.82, 2.24) is 0 Å². The van der Waals surface area contributed by atoms with Gasteiger partial charge in [0.1, 0.15) is 24.7 Å². The minimum absolute atomic E-state index is 0.525.